The first-order valence-electron chi connectivity index (χ1n) is 6.08. The first-order chi connectivity index (χ1) is 9.05. The van der Waals surface area contributed by atoms with Gasteiger partial charge >= 0.3 is 0 Å². The van der Waals surface area contributed by atoms with Crippen molar-refractivity contribution < 1.29 is 0 Å². The summed E-state index contributed by atoms with van der Waals surface area (Å²) in [4.78, 5) is 8.72. The Morgan fingerprint density at radius 3 is 2.68 bits per heavy atom. The molecule has 0 spiro atoms. The summed E-state index contributed by atoms with van der Waals surface area (Å²) in [5, 5.41) is 4.38. The lowest BCUT2D eigenvalue weighted by atomic mass is 10.2. The molecule has 0 aliphatic heterocycles. The van der Waals surface area contributed by atoms with Gasteiger partial charge in [-0.3, -0.25) is 5.43 Å². The molecule has 1 heterocycles. The lowest BCUT2D eigenvalue weighted by Gasteiger charge is -2.23. The lowest BCUT2D eigenvalue weighted by molar-refractivity contribution is 0.751. The van der Waals surface area contributed by atoms with Crippen LogP contribution in [0.25, 0.3) is 10.9 Å². The second-order valence-electron chi connectivity index (χ2n) is 4.87. The SMILES string of the molecule is CSC(C)(C)CNc1nc(NN)nc2ccccc12. The smallest absolute Gasteiger partial charge is 0.239 e. The fourth-order valence-electron chi connectivity index (χ4n) is 1.64. The molecule has 2 rings (SSSR count). The molecule has 1 aromatic heterocycles. The summed E-state index contributed by atoms with van der Waals surface area (Å²) in [5.74, 6) is 6.64. The van der Waals surface area contributed by atoms with Gasteiger partial charge in [0, 0.05) is 16.7 Å². The van der Waals surface area contributed by atoms with Crippen molar-refractivity contribution in [2.45, 2.75) is 18.6 Å². The van der Waals surface area contributed by atoms with Crippen molar-refractivity contribution in [3.8, 4) is 0 Å². The first kappa shape index (κ1) is 13.9. The van der Waals surface area contributed by atoms with E-state index in [4.69, 9.17) is 5.84 Å². The molecule has 6 heteroatoms. The van der Waals surface area contributed by atoms with E-state index in [2.05, 4.69) is 40.8 Å². The predicted molar refractivity (Wildman–Crippen MR) is 83.4 cm³/mol. The van der Waals surface area contributed by atoms with Gasteiger partial charge in [-0.2, -0.15) is 16.7 Å². The van der Waals surface area contributed by atoms with Crippen molar-refractivity contribution in [1.29, 1.82) is 0 Å². The molecule has 102 valence electrons. The molecule has 0 amide bonds. The summed E-state index contributed by atoms with van der Waals surface area (Å²) < 4.78 is 0.141. The maximum Gasteiger partial charge on any atom is 0.239 e. The lowest BCUT2D eigenvalue weighted by Crippen LogP contribution is -2.26. The number of nitrogens with zero attached hydrogens (tertiary/aromatic N) is 2. The number of thioether (sulfide) groups is 1. The number of anilines is 2. The molecule has 2 aromatic rings. The normalized spacial score (nSPS) is 11.6. The Balaban J connectivity index is 2.35. The third-order valence-corrected chi connectivity index (χ3v) is 4.22. The average molecular weight is 277 g/mol. The van der Waals surface area contributed by atoms with Gasteiger partial charge in [0.15, 0.2) is 0 Å². The summed E-state index contributed by atoms with van der Waals surface area (Å²) in [6.45, 7) is 5.20. The summed E-state index contributed by atoms with van der Waals surface area (Å²) in [6.07, 6.45) is 2.10. The van der Waals surface area contributed by atoms with Gasteiger partial charge in [0.1, 0.15) is 5.82 Å². The van der Waals surface area contributed by atoms with Gasteiger partial charge < -0.3 is 5.32 Å². The largest absolute Gasteiger partial charge is 0.368 e. The standard InChI is InChI=1S/C13H19N5S/c1-13(2,19-3)8-15-11-9-6-4-5-7-10(9)16-12(17-11)18-14/h4-7H,8,14H2,1-3H3,(H2,15,16,17,18). The van der Waals surface area contributed by atoms with Crippen LogP contribution in [0.2, 0.25) is 0 Å². The molecule has 0 unspecified atom stereocenters. The first-order valence-corrected chi connectivity index (χ1v) is 7.30. The molecule has 5 nitrogen and oxygen atoms in total. The maximum absolute atomic E-state index is 5.41. The minimum absolute atomic E-state index is 0.141. The Bertz CT molecular complexity index is 570. The Kier molecular flexibility index (Phi) is 4.11. The number of nitrogens with two attached hydrogens (primary N) is 1. The molecule has 0 saturated carbocycles. The van der Waals surface area contributed by atoms with E-state index < -0.39 is 0 Å². The van der Waals surface area contributed by atoms with Crippen LogP contribution >= 0.6 is 11.8 Å². The quantitative estimate of drug-likeness (QED) is 0.576. The Morgan fingerprint density at radius 1 is 1.26 bits per heavy atom. The van der Waals surface area contributed by atoms with Gasteiger partial charge in [-0.1, -0.05) is 12.1 Å². The highest BCUT2D eigenvalue weighted by Gasteiger charge is 2.16. The van der Waals surface area contributed by atoms with Gasteiger partial charge in [0.2, 0.25) is 5.95 Å². The molecule has 0 atom stereocenters. The molecular formula is C13H19N5S. The van der Waals surface area contributed by atoms with Crippen molar-refractivity contribution in [2.24, 2.45) is 5.84 Å². The van der Waals surface area contributed by atoms with Gasteiger partial charge in [0.05, 0.1) is 5.52 Å². The monoisotopic (exact) mass is 277 g/mol. The van der Waals surface area contributed by atoms with Crippen LogP contribution in [-0.2, 0) is 0 Å². The fourth-order valence-corrected chi connectivity index (χ4v) is 1.86. The van der Waals surface area contributed by atoms with E-state index in [0.717, 1.165) is 23.3 Å². The van der Waals surface area contributed by atoms with Crippen molar-refractivity contribution in [3.05, 3.63) is 24.3 Å². The molecule has 0 aliphatic carbocycles. The zero-order valence-corrected chi connectivity index (χ0v) is 12.2. The third kappa shape index (κ3) is 3.27. The van der Waals surface area contributed by atoms with Gasteiger partial charge in [-0.25, -0.2) is 10.8 Å². The number of para-hydroxylation sites is 1. The van der Waals surface area contributed by atoms with E-state index in [9.17, 15) is 0 Å². The number of fused-ring (bicyclic) bond motifs is 1. The number of hydrogen-bond acceptors (Lipinski definition) is 6. The number of hydrazine groups is 1. The molecule has 4 N–H and O–H groups in total. The minimum Gasteiger partial charge on any atom is -0.368 e. The molecule has 0 bridgehead atoms. The second kappa shape index (κ2) is 5.63. The van der Waals surface area contributed by atoms with E-state index in [0.29, 0.717) is 5.95 Å². The zero-order valence-electron chi connectivity index (χ0n) is 11.4. The number of nitrogen functional groups attached to an aromatic ring is 1. The number of aromatic nitrogens is 2. The van der Waals surface area contributed by atoms with Gasteiger partial charge in [-0.15, -0.1) is 0 Å². The fraction of sp³-hybridized carbons (Fsp3) is 0.385. The average Bonchev–Trinajstić information content (AvgIpc) is 2.44. The minimum atomic E-state index is 0.141. The van der Waals surface area contributed by atoms with Crippen molar-refractivity contribution in [2.75, 3.05) is 23.5 Å². The highest BCUT2D eigenvalue weighted by Crippen LogP contribution is 2.25. The van der Waals surface area contributed by atoms with E-state index in [-0.39, 0.29) is 4.75 Å². The van der Waals surface area contributed by atoms with Crippen molar-refractivity contribution in [3.63, 3.8) is 0 Å². The number of hydrogen-bond donors (Lipinski definition) is 3. The summed E-state index contributed by atoms with van der Waals surface area (Å²) in [6, 6.07) is 7.88. The molecule has 0 radical (unpaired) electrons. The maximum atomic E-state index is 5.41. The van der Waals surface area contributed by atoms with Crippen LogP contribution in [0, 0.1) is 0 Å². The molecule has 0 aliphatic rings. The topological polar surface area (TPSA) is 75.9 Å². The van der Waals surface area contributed by atoms with Crippen LogP contribution in [0.15, 0.2) is 24.3 Å². The van der Waals surface area contributed by atoms with E-state index in [1.807, 2.05) is 36.0 Å². The number of nitrogens with one attached hydrogen (secondary N) is 2. The van der Waals surface area contributed by atoms with Crippen molar-refractivity contribution >= 4 is 34.4 Å². The van der Waals surface area contributed by atoms with E-state index in [1.54, 1.807) is 0 Å². The van der Waals surface area contributed by atoms with Crippen LogP contribution < -0.4 is 16.6 Å². The predicted octanol–water partition coefficient (Wildman–Crippen LogP) is 2.47. The van der Waals surface area contributed by atoms with Gasteiger partial charge in [0.25, 0.3) is 0 Å². The number of rotatable bonds is 5. The molecule has 19 heavy (non-hydrogen) atoms. The van der Waals surface area contributed by atoms with Crippen LogP contribution in [-0.4, -0.2) is 27.5 Å². The van der Waals surface area contributed by atoms with E-state index >= 15 is 0 Å². The Morgan fingerprint density at radius 2 is 2.00 bits per heavy atom. The van der Waals surface area contributed by atoms with Crippen LogP contribution in [0.1, 0.15) is 13.8 Å². The zero-order chi connectivity index (χ0) is 13.9. The summed E-state index contributed by atoms with van der Waals surface area (Å²) in [7, 11) is 0. The summed E-state index contributed by atoms with van der Waals surface area (Å²) in [5.41, 5.74) is 3.37. The Labute approximate surface area is 117 Å². The number of benzene rings is 1. The molecular weight excluding hydrogens is 258 g/mol. The third-order valence-electron chi connectivity index (χ3n) is 2.97. The molecule has 0 fully saturated rings. The highest BCUT2D eigenvalue weighted by molar-refractivity contribution is 7.99. The summed E-state index contributed by atoms with van der Waals surface area (Å²) >= 11 is 1.82. The Hall–Kier alpha value is -1.53. The molecule has 1 aromatic carbocycles. The van der Waals surface area contributed by atoms with Gasteiger partial charge in [-0.05, 0) is 32.2 Å². The van der Waals surface area contributed by atoms with Crippen molar-refractivity contribution in [1.82, 2.24) is 9.97 Å². The van der Waals surface area contributed by atoms with Crippen LogP contribution in [0.5, 0.6) is 0 Å². The van der Waals surface area contributed by atoms with Crippen LogP contribution in [0.3, 0.4) is 0 Å². The van der Waals surface area contributed by atoms with Crippen LogP contribution in [0.4, 0.5) is 11.8 Å². The van der Waals surface area contributed by atoms with E-state index in [1.165, 1.54) is 0 Å². The second-order valence-corrected chi connectivity index (χ2v) is 6.39. The molecule has 0 saturated heterocycles. The highest BCUT2D eigenvalue weighted by atomic mass is 32.2.